The number of nitrogens with one attached hydrogen (secondary N) is 1. The smallest absolute Gasteiger partial charge is 0.165 e. The Bertz CT molecular complexity index is 1190. The third-order valence-corrected chi connectivity index (χ3v) is 4.78. The summed E-state index contributed by atoms with van der Waals surface area (Å²) < 4.78 is 5.69. The van der Waals surface area contributed by atoms with Crippen molar-refractivity contribution in [3.8, 4) is 22.9 Å². The second-order valence-electron chi connectivity index (χ2n) is 7.07. The molecule has 4 rings (SSSR count). The molecule has 0 aliphatic heterocycles. The van der Waals surface area contributed by atoms with Gasteiger partial charge in [0.2, 0.25) is 0 Å². The van der Waals surface area contributed by atoms with E-state index in [4.69, 9.17) is 4.74 Å². The van der Waals surface area contributed by atoms with E-state index in [1.165, 1.54) is 0 Å². The number of aromatic hydroxyl groups is 1. The number of fused-ring (bicyclic) bond motifs is 1. The minimum atomic E-state index is 0.133. The molecular weight excluding hydrogens is 388 g/mol. The fraction of sp³-hybridized carbons (Fsp3) is 0.160. The topological polar surface area (TPSA) is 79.6 Å². The number of rotatable bonds is 8. The van der Waals surface area contributed by atoms with Gasteiger partial charge < -0.3 is 9.84 Å². The van der Waals surface area contributed by atoms with Crippen LogP contribution in [0.15, 0.2) is 77.9 Å². The number of benzene rings is 3. The van der Waals surface area contributed by atoms with Gasteiger partial charge in [-0.25, -0.2) is 9.97 Å². The molecular formula is C25H24N4O2. The number of para-hydroxylation sites is 2. The summed E-state index contributed by atoms with van der Waals surface area (Å²) in [6.07, 6.45) is 3.88. The van der Waals surface area contributed by atoms with E-state index < -0.39 is 0 Å². The highest BCUT2D eigenvalue weighted by Crippen LogP contribution is 2.29. The van der Waals surface area contributed by atoms with Crippen LogP contribution in [0.2, 0.25) is 0 Å². The SMILES string of the molecule is CCCCOc1ccc(C=NNc2nc(-c3ccccc3O)nc3ccccc23)cc1. The van der Waals surface area contributed by atoms with Crippen molar-refractivity contribution in [3.05, 3.63) is 78.4 Å². The second-order valence-corrected chi connectivity index (χ2v) is 7.07. The summed E-state index contributed by atoms with van der Waals surface area (Å²) in [5.74, 6) is 1.99. The van der Waals surface area contributed by atoms with E-state index in [1.807, 2.05) is 54.6 Å². The first-order chi connectivity index (χ1) is 15.2. The van der Waals surface area contributed by atoms with Crippen molar-refractivity contribution in [2.45, 2.75) is 19.8 Å². The Balaban J connectivity index is 1.56. The summed E-state index contributed by atoms with van der Waals surface area (Å²) in [5.41, 5.74) is 5.30. The molecule has 0 aliphatic rings. The van der Waals surface area contributed by atoms with Crippen molar-refractivity contribution in [1.82, 2.24) is 9.97 Å². The average Bonchev–Trinajstić information content (AvgIpc) is 2.80. The zero-order chi connectivity index (χ0) is 21.5. The van der Waals surface area contributed by atoms with Crippen molar-refractivity contribution in [1.29, 1.82) is 0 Å². The lowest BCUT2D eigenvalue weighted by Gasteiger charge is -2.09. The number of phenolic OH excluding ortho intramolecular Hbond substituents is 1. The van der Waals surface area contributed by atoms with E-state index in [2.05, 4.69) is 27.4 Å². The van der Waals surface area contributed by atoms with Crippen LogP contribution in [0.5, 0.6) is 11.5 Å². The van der Waals surface area contributed by atoms with E-state index in [0.29, 0.717) is 17.2 Å². The van der Waals surface area contributed by atoms with Gasteiger partial charge in [0, 0.05) is 5.39 Å². The number of anilines is 1. The number of ether oxygens (including phenoxy) is 1. The molecule has 0 atom stereocenters. The minimum Gasteiger partial charge on any atom is -0.507 e. The van der Waals surface area contributed by atoms with Crippen LogP contribution in [-0.2, 0) is 0 Å². The maximum atomic E-state index is 10.2. The Kier molecular flexibility index (Phi) is 6.38. The number of unbranched alkanes of at least 4 members (excludes halogenated alkanes) is 1. The molecule has 0 aliphatic carbocycles. The molecule has 31 heavy (non-hydrogen) atoms. The molecule has 0 radical (unpaired) electrons. The molecule has 156 valence electrons. The average molecular weight is 412 g/mol. The second kappa shape index (κ2) is 9.71. The zero-order valence-corrected chi connectivity index (χ0v) is 17.3. The van der Waals surface area contributed by atoms with Crippen LogP contribution in [-0.4, -0.2) is 27.9 Å². The summed E-state index contributed by atoms with van der Waals surface area (Å²) in [4.78, 5) is 9.20. The Hall–Kier alpha value is -3.93. The van der Waals surface area contributed by atoms with Gasteiger partial charge in [0.05, 0.1) is 23.9 Å². The maximum absolute atomic E-state index is 10.2. The Morgan fingerprint density at radius 2 is 1.74 bits per heavy atom. The van der Waals surface area contributed by atoms with Crippen molar-refractivity contribution in [2.24, 2.45) is 5.10 Å². The van der Waals surface area contributed by atoms with Gasteiger partial charge in [0.15, 0.2) is 11.6 Å². The first kappa shape index (κ1) is 20.3. The number of hydrogen-bond acceptors (Lipinski definition) is 6. The first-order valence-corrected chi connectivity index (χ1v) is 10.3. The molecule has 0 amide bonds. The van der Waals surface area contributed by atoms with Crippen molar-refractivity contribution in [3.63, 3.8) is 0 Å². The quantitative estimate of drug-likeness (QED) is 0.223. The van der Waals surface area contributed by atoms with Crippen molar-refractivity contribution in [2.75, 3.05) is 12.0 Å². The summed E-state index contributed by atoms with van der Waals surface area (Å²) >= 11 is 0. The van der Waals surface area contributed by atoms with Crippen LogP contribution in [0.3, 0.4) is 0 Å². The van der Waals surface area contributed by atoms with E-state index in [9.17, 15) is 5.11 Å². The highest BCUT2D eigenvalue weighted by atomic mass is 16.5. The van der Waals surface area contributed by atoms with Gasteiger partial charge in [-0.05, 0) is 60.5 Å². The van der Waals surface area contributed by atoms with E-state index in [0.717, 1.165) is 41.7 Å². The summed E-state index contributed by atoms with van der Waals surface area (Å²) in [6.45, 7) is 2.87. The van der Waals surface area contributed by atoms with Crippen molar-refractivity contribution < 1.29 is 9.84 Å². The number of phenols is 1. The number of aromatic nitrogens is 2. The van der Waals surface area contributed by atoms with Gasteiger partial charge in [-0.2, -0.15) is 5.10 Å². The van der Waals surface area contributed by atoms with E-state index in [1.54, 1.807) is 24.4 Å². The Morgan fingerprint density at radius 3 is 2.55 bits per heavy atom. The van der Waals surface area contributed by atoms with Crippen LogP contribution in [0.25, 0.3) is 22.3 Å². The van der Waals surface area contributed by atoms with Gasteiger partial charge >= 0.3 is 0 Å². The molecule has 6 nitrogen and oxygen atoms in total. The normalized spacial score (nSPS) is 11.1. The number of hydrogen-bond donors (Lipinski definition) is 2. The predicted octanol–water partition coefficient (Wildman–Crippen LogP) is 5.63. The summed E-state index contributed by atoms with van der Waals surface area (Å²) in [5, 5.41) is 15.4. The molecule has 0 spiro atoms. The van der Waals surface area contributed by atoms with Crippen LogP contribution in [0.1, 0.15) is 25.3 Å². The molecule has 0 fully saturated rings. The maximum Gasteiger partial charge on any atom is 0.165 e. The highest BCUT2D eigenvalue weighted by molar-refractivity contribution is 5.91. The monoisotopic (exact) mass is 412 g/mol. The summed E-state index contributed by atoms with van der Waals surface area (Å²) in [7, 11) is 0. The molecule has 6 heteroatoms. The molecule has 0 saturated heterocycles. The largest absolute Gasteiger partial charge is 0.507 e. The third-order valence-electron chi connectivity index (χ3n) is 4.78. The zero-order valence-electron chi connectivity index (χ0n) is 17.3. The molecule has 4 aromatic rings. The van der Waals surface area contributed by atoms with Crippen LogP contribution in [0, 0.1) is 0 Å². The molecule has 2 N–H and O–H groups in total. The Labute approximate surface area is 181 Å². The standard InChI is InChI=1S/C25H24N4O2/c1-2-3-16-31-19-14-12-18(13-15-19)17-26-29-25-20-8-4-6-10-22(20)27-24(28-25)21-9-5-7-11-23(21)30/h4-15,17,30H,2-3,16H2,1H3,(H,27,28,29). The lowest BCUT2D eigenvalue weighted by Crippen LogP contribution is -1.99. The van der Waals surface area contributed by atoms with Crippen LogP contribution < -0.4 is 10.2 Å². The minimum absolute atomic E-state index is 0.133. The molecule has 1 aromatic heterocycles. The molecule has 3 aromatic carbocycles. The number of nitrogens with zero attached hydrogens (tertiary/aromatic N) is 3. The fourth-order valence-electron chi connectivity index (χ4n) is 3.10. The number of hydrazone groups is 1. The molecule has 0 saturated carbocycles. The van der Waals surface area contributed by atoms with E-state index in [-0.39, 0.29) is 5.75 Å². The van der Waals surface area contributed by atoms with Crippen LogP contribution >= 0.6 is 0 Å². The molecule has 1 heterocycles. The van der Waals surface area contributed by atoms with Gasteiger partial charge in [0.25, 0.3) is 0 Å². The summed E-state index contributed by atoms with van der Waals surface area (Å²) in [6, 6.07) is 22.5. The van der Waals surface area contributed by atoms with Gasteiger partial charge in [-0.1, -0.05) is 37.6 Å². The van der Waals surface area contributed by atoms with Crippen LogP contribution in [0.4, 0.5) is 5.82 Å². The Morgan fingerprint density at radius 1 is 0.968 bits per heavy atom. The lowest BCUT2D eigenvalue weighted by molar-refractivity contribution is 0.309. The lowest BCUT2D eigenvalue weighted by atomic mass is 10.1. The predicted molar refractivity (Wildman–Crippen MR) is 125 cm³/mol. The molecule has 0 bridgehead atoms. The van der Waals surface area contributed by atoms with Gasteiger partial charge in [-0.15, -0.1) is 0 Å². The highest BCUT2D eigenvalue weighted by Gasteiger charge is 2.11. The van der Waals surface area contributed by atoms with Crippen molar-refractivity contribution >= 4 is 22.9 Å². The first-order valence-electron chi connectivity index (χ1n) is 10.3. The van der Waals surface area contributed by atoms with Gasteiger partial charge in [0.1, 0.15) is 11.5 Å². The van der Waals surface area contributed by atoms with E-state index >= 15 is 0 Å². The van der Waals surface area contributed by atoms with Gasteiger partial charge in [-0.3, -0.25) is 5.43 Å². The molecule has 0 unspecified atom stereocenters. The third kappa shape index (κ3) is 4.98. The fourth-order valence-corrected chi connectivity index (χ4v) is 3.10.